The summed E-state index contributed by atoms with van der Waals surface area (Å²) in [5.74, 6) is 0. The first kappa shape index (κ1) is 16.1. The van der Waals surface area contributed by atoms with Gasteiger partial charge in [0.05, 0.1) is 0 Å². The monoisotopic (exact) mass is 266 g/mol. The van der Waals surface area contributed by atoms with Crippen LogP contribution in [0.15, 0.2) is 0 Å². The molecule has 0 rings (SSSR count). The molecular formula is C6H11AlCl4O. The van der Waals surface area contributed by atoms with E-state index in [-0.39, 0.29) is 14.3 Å². The van der Waals surface area contributed by atoms with E-state index in [2.05, 4.69) is 6.92 Å². The zero-order valence-electron chi connectivity index (χ0n) is 7.20. The fraction of sp³-hybridized carbons (Fsp3) is 1.00. The number of rotatable bonds is 1. The quantitative estimate of drug-likeness (QED) is 0.529. The molecule has 12 heavy (non-hydrogen) atoms. The van der Waals surface area contributed by atoms with Crippen molar-refractivity contribution in [2.45, 2.75) is 35.4 Å². The average molecular weight is 268 g/mol. The van der Waals surface area contributed by atoms with Gasteiger partial charge in [-0.1, -0.05) is 54.3 Å². The molecule has 0 aromatic rings. The molecule has 0 spiro atoms. The van der Waals surface area contributed by atoms with Crippen molar-refractivity contribution in [3.63, 3.8) is 0 Å². The van der Waals surface area contributed by atoms with Crippen LogP contribution in [-0.4, -0.2) is 23.7 Å². The summed E-state index contributed by atoms with van der Waals surface area (Å²) in [6.45, 7) is 4.72. The van der Waals surface area contributed by atoms with Gasteiger partial charge in [-0.3, -0.25) is 0 Å². The average Bonchev–Trinajstić information content (AvgIpc) is 1.84. The van der Waals surface area contributed by atoms with Crippen molar-refractivity contribution in [3.8, 4) is 0 Å². The van der Waals surface area contributed by atoms with Gasteiger partial charge in [0.2, 0.25) is 0 Å². The van der Waals surface area contributed by atoms with Crippen molar-refractivity contribution in [1.82, 2.24) is 0 Å². The Kier molecular flexibility index (Phi) is 9.41. The van der Waals surface area contributed by atoms with Crippen LogP contribution in [0.25, 0.3) is 0 Å². The number of halogens is 4. The Labute approximate surface area is 99.2 Å². The minimum atomic E-state index is -1.70. The molecule has 6 heteroatoms. The van der Waals surface area contributed by atoms with Gasteiger partial charge in [0.25, 0.3) is 0 Å². The van der Waals surface area contributed by atoms with Crippen LogP contribution in [0.2, 0.25) is 5.28 Å². The van der Waals surface area contributed by atoms with E-state index in [0.717, 1.165) is 0 Å². The van der Waals surface area contributed by atoms with Crippen LogP contribution >= 0.6 is 44.9 Å². The fourth-order valence-corrected chi connectivity index (χ4v) is 0. The van der Waals surface area contributed by atoms with Crippen LogP contribution in [0.1, 0.15) is 20.8 Å². The molecule has 0 saturated carbocycles. The summed E-state index contributed by atoms with van der Waals surface area (Å²) in [6.07, 6.45) is 0. The molecule has 0 aliphatic carbocycles. The Balaban J connectivity index is 0. The molecule has 0 aromatic carbocycles. The van der Waals surface area contributed by atoms with E-state index in [1.54, 1.807) is 0 Å². The minimum absolute atomic E-state index is 0.255. The van der Waals surface area contributed by atoms with Gasteiger partial charge in [-0.15, -0.1) is 0 Å². The summed E-state index contributed by atoms with van der Waals surface area (Å²) in [5, 5.41) is 11.9. The fourth-order valence-electron chi connectivity index (χ4n) is 0. The molecule has 0 amide bonds. The van der Waals surface area contributed by atoms with Crippen molar-refractivity contribution in [1.29, 1.82) is 0 Å². The van der Waals surface area contributed by atoms with E-state index in [1.165, 1.54) is 19.1 Å². The summed E-state index contributed by atoms with van der Waals surface area (Å²) < 4.78 is -1.70. The van der Waals surface area contributed by atoms with Crippen molar-refractivity contribution < 1.29 is 5.11 Å². The second kappa shape index (κ2) is 7.01. The van der Waals surface area contributed by atoms with Crippen molar-refractivity contribution in [3.05, 3.63) is 0 Å². The molecular weight excluding hydrogens is 257 g/mol. The maximum atomic E-state index is 10.7. The SMILES string of the molecule is CC(C)([O-])C(Cl)(Cl)Cl.C[CH2][Al+][Cl]. The third-order valence-corrected chi connectivity index (χ3v) is 3.44. The maximum absolute atomic E-state index is 10.7. The molecule has 0 radical (unpaired) electrons. The predicted octanol–water partition coefficient (Wildman–Crippen LogP) is 2.78. The summed E-state index contributed by atoms with van der Waals surface area (Å²) in [6, 6.07) is 0. The molecule has 0 N–H and O–H groups in total. The van der Waals surface area contributed by atoms with Crippen LogP contribution in [0.3, 0.4) is 0 Å². The van der Waals surface area contributed by atoms with Gasteiger partial charge in [-0.05, 0) is 0 Å². The van der Waals surface area contributed by atoms with Crippen LogP contribution in [0.4, 0.5) is 0 Å². The van der Waals surface area contributed by atoms with E-state index in [4.69, 9.17) is 44.9 Å². The first-order chi connectivity index (χ1) is 5.16. The van der Waals surface area contributed by atoms with Gasteiger partial charge in [0, 0.05) is 0 Å². The predicted molar refractivity (Wildman–Crippen MR) is 56.5 cm³/mol. The second-order valence-electron chi connectivity index (χ2n) is 2.57. The van der Waals surface area contributed by atoms with Gasteiger partial charge >= 0.3 is 36.6 Å². The molecule has 0 unspecified atom stereocenters. The van der Waals surface area contributed by atoms with Crippen molar-refractivity contribution in [2.24, 2.45) is 0 Å². The molecule has 0 bridgehead atoms. The summed E-state index contributed by atoms with van der Waals surface area (Å²) >= 11 is 15.9. The number of alkyl halides is 3. The Bertz CT molecular complexity index is 93.1. The van der Waals surface area contributed by atoms with Crippen LogP contribution in [0.5, 0.6) is 0 Å². The van der Waals surface area contributed by atoms with Crippen LogP contribution in [-0.2, 0) is 0 Å². The molecule has 0 fully saturated rings. The molecule has 0 atom stereocenters. The molecule has 0 heterocycles. The standard InChI is InChI=1S/C4H6Cl3O.C2H5.Al.ClH/c1-3(2,8)4(5,6)7;1-2;;/h1-2H3;1H2,2H3;;1H/q-1;;+2;/p-1. The second-order valence-corrected chi connectivity index (χ2v) is 6.90. The molecule has 1 nitrogen and oxygen atoms in total. The summed E-state index contributed by atoms with van der Waals surface area (Å²) in [5.41, 5.74) is -1.52. The van der Waals surface area contributed by atoms with Crippen molar-refractivity contribution >= 4 is 59.1 Å². The molecule has 0 aliphatic rings. The number of hydrogen-bond donors (Lipinski definition) is 0. The van der Waals surface area contributed by atoms with Crippen LogP contribution in [0, 0.1) is 0 Å². The topological polar surface area (TPSA) is 23.1 Å². The zero-order valence-corrected chi connectivity index (χ0v) is 11.4. The molecule has 72 valence electrons. The van der Waals surface area contributed by atoms with Gasteiger partial charge < -0.3 is 5.11 Å². The van der Waals surface area contributed by atoms with Gasteiger partial charge in [0.1, 0.15) is 0 Å². The Morgan fingerprint density at radius 3 is 1.42 bits per heavy atom. The molecule has 0 aromatic heterocycles. The summed E-state index contributed by atoms with van der Waals surface area (Å²) in [4.78, 5) is 0. The molecule has 0 aliphatic heterocycles. The van der Waals surface area contributed by atoms with Gasteiger partial charge in [-0.2, -0.15) is 0 Å². The first-order valence-corrected chi connectivity index (χ1v) is 7.05. The number of hydrogen-bond acceptors (Lipinski definition) is 1. The third-order valence-electron chi connectivity index (χ3n) is 0.837. The van der Waals surface area contributed by atoms with E-state index < -0.39 is 9.39 Å². The van der Waals surface area contributed by atoms with Crippen LogP contribution < -0.4 is 5.11 Å². The third kappa shape index (κ3) is 9.74. The van der Waals surface area contributed by atoms with Gasteiger partial charge in [0.15, 0.2) is 3.79 Å². The Morgan fingerprint density at radius 2 is 1.42 bits per heavy atom. The Hall–Kier alpha value is 1.65. The van der Waals surface area contributed by atoms with E-state index >= 15 is 0 Å². The molecule has 0 saturated heterocycles. The van der Waals surface area contributed by atoms with E-state index in [0.29, 0.717) is 0 Å². The van der Waals surface area contributed by atoms with Gasteiger partial charge in [-0.25, -0.2) is 0 Å². The summed E-state index contributed by atoms with van der Waals surface area (Å²) in [7, 11) is 5.27. The first-order valence-electron chi connectivity index (χ1n) is 3.35. The van der Waals surface area contributed by atoms with E-state index in [9.17, 15) is 5.11 Å². The Morgan fingerprint density at radius 1 is 1.25 bits per heavy atom. The normalized spacial score (nSPS) is 11.3. The van der Waals surface area contributed by atoms with Crippen molar-refractivity contribution in [2.75, 3.05) is 0 Å². The zero-order chi connectivity index (χ0) is 10.4. The van der Waals surface area contributed by atoms with E-state index in [1.807, 2.05) is 0 Å².